The molecule has 6 nitrogen and oxygen atoms in total. The molecule has 2 atom stereocenters. The number of nitrogens with one attached hydrogen (secondary N) is 1. The zero-order chi connectivity index (χ0) is 14.4. The van der Waals surface area contributed by atoms with Crippen LogP contribution in [-0.4, -0.2) is 42.1 Å². The van der Waals surface area contributed by atoms with Gasteiger partial charge in [0.1, 0.15) is 6.10 Å². The summed E-state index contributed by atoms with van der Waals surface area (Å²) in [6.07, 6.45) is -2.01. The highest BCUT2D eigenvalue weighted by molar-refractivity contribution is 5.52. The van der Waals surface area contributed by atoms with Gasteiger partial charge in [-0.2, -0.15) is 5.26 Å². The van der Waals surface area contributed by atoms with Crippen LogP contribution in [0.3, 0.4) is 0 Å². The SMILES string of the molecule is CNCCC(O)C(O)c1cc(C#N)cc(OC)c1O. The quantitative estimate of drug-likeness (QED) is 0.589. The minimum Gasteiger partial charge on any atom is -0.504 e. The highest BCUT2D eigenvalue weighted by Gasteiger charge is 2.23. The first-order chi connectivity index (χ1) is 9.04. The maximum Gasteiger partial charge on any atom is 0.163 e. The largest absolute Gasteiger partial charge is 0.504 e. The fraction of sp³-hybridized carbons (Fsp3) is 0.462. The Balaban J connectivity index is 3.08. The number of phenolic OH excluding ortho intramolecular Hbond substituents is 1. The minimum absolute atomic E-state index is 0.0829. The van der Waals surface area contributed by atoms with Gasteiger partial charge >= 0.3 is 0 Å². The number of benzene rings is 1. The molecule has 0 aliphatic carbocycles. The van der Waals surface area contributed by atoms with Gasteiger partial charge in [-0.15, -0.1) is 0 Å². The number of ether oxygens (including phenoxy) is 1. The van der Waals surface area contributed by atoms with Gasteiger partial charge in [0.25, 0.3) is 0 Å². The van der Waals surface area contributed by atoms with Crippen molar-refractivity contribution in [3.63, 3.8) is 0 Å². The number of hydrogen-bond donors (Lipinski definition) is 4. The lowest BCUT2D eigenvalue weighted by atomic mass is 9.98. The summed E-state index contributed by atoms with van der Waals surface area (Å²) in [5.41, 5.74) is 0.323. The molecule has 2 unspecified atom stereocenters. The fourth-order valence-corrected chi connectivity index (χ4v) is 1.73. The van der Waals surface area contributed by atoms with Gasteiger partial charge < -0.3 is 25.4 Å². The highest BCUT2D eigenvalue weighted by Crippen LogP contribution is 2.36. The monoisotopic (exact) mass is 266 g/mol. The number of aromatic hydroxyl groups is 1. The molecule has 6 heteroatoms. The standard InChI is InChI=1S/C13H18N2O4/c1-15-4-3-10(16)12(17)9-5-8(7-14)6-11(19-2)13(9)18/h5-6,10,12,15-18H,3-4H2,1-2H3. The van der Waals surface area contributed by atoms with E-state index in [9.17, 15) is 15.3 Å². The van der Waals surface area contributed by atoms with E-state index in [0.717, 1.165) is 0 Å². The summed E-state index contributed by atoms with van der Waals surface area (Å²) < 4.78 is 4.93. The zero-order valence-corrected chi connectivity index (χ0v) is 10.9. The zero-order valence-electron chi connectivity index (χ0n) is 10.9. The topological polar surface area (TPSA) is 106 Å². The van der Waals surface area contributed by atoms with Crippen LogP contribution < -0.4 is 10.1 Å². The van der Waals surface area contributed by atoms with E-state index < -0.39 is 12.2 Å². The van der Waals surface area contributed by atoms with Crippen LogP contribution in [-0.2, 0) is 0 Å². The molecule has 4 N–H and O–H groups in total. The normalized spacial score (nSPS) is 13.6. The molecule has 0 saturated heterocycles. The summed E-state index contributed by atoms with van der Waals surface area (Å²) in [7, 11) is 3.08. The summed E-state index contributed by atoms with van der Waals surface area (Å²) in [4.78, 5) is 0. The molecule has 1 aromatic rings. The fourth-order valence-electron chi connectivity index (χ4n) is 1.73. The Kier molecular flexibility index (Phi) is 5.57. The lowest BCUT2D eigenvalue weighted by Crippen LogP contribution is -2.23. The smallest absolute Gasteiger partial charge is 0.163 e. The second kappa shape index (κ2) is 6.95. The lowest BCUT2D eigenvalue weighted by Gasteiger charge is -2.20. The van der Waals surface area contributed by atoms with Crippen LogP contribution in [0.15, 0.2) is 12.1 Å². The van der Waals surface area contributed by atoms with E-state index in [1.165, 1.54) is 19.2 Å². The van der Waals surface area contributed by atoms with Gasteiger partial charge in [-0.05, 0) is 26.1 Å². The van der Waals surface area contributed by atoms with Crippen molar-refractivity contribution < 1.29 is 20.1 Å². The van der Waals surface area contributed by atoms with Crippen molar-refractivity contribution in [1.82, 2.24) is 5.32 Å². The number of methoxy groups -OCH3 is 1. The van der Waals surface area contributed by atoms with E-state index in [-0.39, 0.29) is 22.6 Å². The molecule has 0 spiro atoms. The number of nitrogens with zero attached hydrogens (tertiary/aromatic N) is 1. The Hall–Kier alpha value is -1.81. The van der Waals surface area contributed by atoms with E-state index in [1.54, 1.807) is 7.05 Å². The van der Waals surface area contributed by atoms with E-state index in [4.69, 9.17) is 10.00 Å². The average Bonchev–Trinajstić information content (AvgIpc) is 2.44. The number of nitriles is 1. The van der Waals surface area contributed by atoms with Crippen LogP contribution in [0.25, 0.3) is 0 Å². The van der Waals surface area contributed by atoms with Gasteiger partial charge in [0.05, 0.1) is 24.8 Å². The van der Waals surface area contributed by atoms with Crippen LogP contribution in [0.4, 0.5) is 0 Å². The maximum atomic E-state index is 10.0. The number of aliphatic hydroxyl groups is 2. The summed E-state index contributed by atoms with van der Waals surface area (Å²) in [5, 5.41) is 41.5. The molecule has 19 heavy (non-hydrogen) atoms. The molecule has 0 radical (unpaired) electrons. The van der Waals surface area contributed by atoms with Gasteiger partial charge in [-0.25, -0.2) is 0 Å². The molecule has 0 aliphatic heterocycles. The Morgan fingerprint density at radius 3 is 2.63 bits per heavy atom. The van der Waals surface area contributed by atoms with Crippen LogP contribution in [0.1, 0.15) is 23.7 Å². The molecule has 0 bridgehead atoms. The molecular weight excluding hydrogens is 248 g/mol. The van der Waals surface area contributed by atoms with Gasteiger partial charge in [0.2, 0.25) is 0 Å². The second-order valence-corrected chi connectivity index (χ2v) is 4.13. The van der Waals surface area contributed by atoms with Gasteiger partial charge in [-0.3, -0.25) is 0 Å². The highest BCUT2D eigenvalue weighted by atomic mass is 16.5. The summed E-state index contributed by atoms with van der Waals surface area (Å²) >= 11 is 0. The molecule has 104 valence electrons. The molecule has 0 fully saturated rings. The van der Waals surface area contributed by atoms with Crippen LogP contribution in [0.5, 0.6) is 11.5 Å². The number of aliphatic hydroxyl groups excluding tert-OH is 2. The summed E-state index contributed by atoms with van der Waals surface area (Å²) in [5.74, 6) is -0.175. The molecular formula is C13H18N2O4. The van der Waals surface area contributed by atoms with Crippen LogP contribution >= 0.6 is 0 Å². The Morgan fingerprint density at radius 1 is 1.42 bits per heavy atom. The van der Waals surface area contributed by atoms with Crippen molar-refractivity contribution in [1.29, 1.82) is 5.26 Å². The predicted molar refractivity (Wildman–Crippen MR) is 68.9 cm³/mol. The third-order valence-corrected chi connectivity index (χ3v) is 2.83. The van der Waals surface area contributed by atoms with Gasteiger partial charge in [0, 0.05) is 11.6 Å². The van der Waals surface area contributed by atoms with Crippen LogP contribution in [0.2, 0.25) is 0 Å². The maximum absolute atomic E-state index is 10.0. The number of phenols is 1. The predicted octanol–water partition coefficient (Wildman–Crippen LogP) is 0.276. The van der Waals surface area contributed by atoms with Crippen molar-refractivity contribution in [2.45, 2.75) is 18.6 Å². The van der Waals surface area contributed by atoms with Crippen molar-refractivity contribution in [2.75, 3.05) is 20.7 Å². The molecule has 0 saturated carbocycles. The second-order valence-electron chi connectivity index (χ2n) is 4.13. The van der Waals surface area contributed by atoms with Gasteiger partial charge in [-0.1, -0.05) is 0 Å². The van der Waals surface area contributed by atoms with E-state index in [2.05, 4.69) is 5.32 Å². The molecule has 0 heterocycles. The average molecular weight is 266 g/mol. The first kappa shape index (κ1) is 15.2. The third-order valence-electron chi connectivity index (χ3n) is 2.83. The molecule has 0 amide bonds. The Bertz CT molecular complexity index is 470. The van der Waals surface area contributed by atoms with E-state index in [1.807, 2.05) is 6.07 Å². The van der Waals surface area contributed by atoms with Crippen LogP contribution in [0, 0.1) is 11.3 Å². The Labute approximate surface area is 111 Å². The van der Waals surface area contributed by atoms with Crippen molar-refractivity contribution >= 4 is 0 Å². The minimum atomic E-state index is -1.28. The van der Waals surface area contributed by atoms with E-state index in [0.29, 0.717) is 13.0 Å². The molecule has 0 aromatic heterocycles. The van der Waals surface area contributed by atoms with Gasteiger partial charge in [0.15, 0.2) is 11.5 Å². The Morgan fingerprint density at radius 2 is 2.11 bits per heavy atom. The van der Waals surface area contributed by atoms with Crippen molar-refractivity contribution in [3.05, 3.63) is 23.3 Å². The number of rotatable bonds is 6. The molecule has 1 aromatic carbocycles. The summed E-state index contributed by atoms with van der Waals surface area (Å²) in [6.45, 7) is 0.522. The number of hydrogen-bond acceptors (Lipinski definition) is 6. The first-order valence-electron chi connectivity index (χ1n) is 5.86. The van der Waals surface area contributed by atoms with E-state index >= 15 is 0 Å². The first-order valence-corrected chi connectivity index (χ1v) is 5.86. The molecule has 0 aliphatic rings. The lowest BCUT2D eigenvalue weighted by molar-refractivity contribution is 0.0125. The van der Waals surface area contributed by atoms with Crippen molar-refractivity contribution in [2.24, 2.45) is 0 Å². The molecule has 1 rings (SSSR count). The summed E-state index contributed by atoms with van der Waals surface area (Å²) in [6, 6.07) is 4.62. The third kappa shape index (κ3) is 3.58. The van der Waals surface area contributed by atoms with Crippen molar-refractivity contribution in [3.8, 4) is 17.6 Å².